The molecule has 2 N–H and O–H groups in total. The maximum absolute atomic E-state index is 11.9. The molecule has 3 aliphatic rings. The third-order valence-corrected chi connectivity index (χ3v) is 5.59. The number of ether oxygens (including phenoxy) is 2. The quantitative estimate of drug-likeness (QED) is 0.571. The second-order valence-corrected chi connectivity index (χ2v) is 7.98. The van der Waals surface area contributed by atoms with Crippen LogP contribution in [0.4, 0.5) is 0 Å². The molecule has 1 heterocycles. The average Bonchev–Trinajstić information content (AvgIpc) is 3.27. The summed E-state index contributed by atoms with van der Waals surface area (Å²) in [5.74, 6) is 0.379. The Morgan fingerprint density at radius 3 is 2.58 bits per heavy atom. The largest absolute Gasteiger partial charge is 0.354 e. The van der Waals surface area contributed by atoms with Crippen molar-refractivity contribution in [2.24, 2.45) is 4.99 Å². The lowest BCUT2D eigenvalue weighted by Crippen LogP contribution is -2.47. The number of hydrogen-bond acceptors (Lipinski definition) is 4. The van der Waals surface area contributed by atoms with Crippen LogP contribution < -0.4 is 10.6 Å². The van der Waals surface area contributed by atoms with Crippen molar-refractivity contribution in [3.8, 4) is 0 Å². The summed E-state index contributed by atoms with van der Waals surface area (Å²) in [6.45, 7) is 1.43. The maximum atomic E-state index is 11.9. The third kappa shape index (κ3) is 5.33. The van der Waals surface area contributed by atoms with Crippen LogP contribution in [0.5, 0.6) is 0 Å². The van der Waals surface area contributed by atoms with Gasteiger partial charge in [-0.3, -0.25) is 4.79 Å². The first-order valence-electron chi connectivity index (χ1n) is 10.1. The zero-order valence-electron chi connectivity index (χ0n) is 16.3. The molecule has 1 saturated heterocycles. The minimum absolute atomic E-state index is 0.0000948. The van der Waals surface area contributed by atoms with E-state index in [1.54, 1.807) is 19.0 Å². The number of likely N-dealkylation sites (N-methyl/N-ethyl adjacent to an activating group) is 1. The Morgan fingerprint density at radius 2 is 1.88 bits per heavy atom. The van der Waals surface area contributed by atoms with Gasteiger partial charge >= 0.3 is 0 Å². The van der Waals surface area contributed by atoms with E-state index in [-0.39, 0.29) is 24.3 Å². The van der Waals surface area contributed by atoms with Gasteiger partial charge in [-0.25, -0.2) is 4.99 Å². The van der Waals surface area contributed by atoms with Crippen LogP contribution in [0.25, 0.3) is 0 Å². The van der Waals surface area contributed by atoms with Crippen LogP contribution in [0, 0.1) is 0 Å². The van der Waals surface area contributed by atoms with Gasteiger partial charge in [-0.2, -0.15) is 0 Å². The SMILES string of the molecule is CN(C)C(=O)CN=C(NCC1COC2(CCCC2)O1)NC1CCCCC1. The normalized spacial score (nSPS) is 26.2. The molecule has 7 nitrogen and oxygen atoms in total. The van der Waals surface area contributed by atoms with E-state index < -0.39 is 0 Å². The predicted octanol–water partition coefficient (Wildman–Crippen LogP) is 1.63. The summed E-state index contributed by atoms with van der Waals surface area (Å²) < 4.78 is 12.1. The molecule has 26 heavy (non-hydrogen) atoms. The molecule has 3 fully saturated rings. The molecule has 1 amide bonds. The van der Waals surface area contributed by atoms with Crippen molar-refractivity contribution in [2.75, 3.05) is 33.8 Å². The molecular weight excluding hydrogens is 332 g/mol. The molecule has 0 bridgehead atoms. The highest BCUT2D eigenvalue weighted by molar-refractivity contribution is 5.84. The van der Waals surface area contributed by atoms with Crippen LogP contribution in [-0.4, -0.2) is 68.5 Å². The Labute approximate surface area is 156 Å². The number of carbonyl (C=O) groups is 1. The van der Waals surface area contributed by atoms with Crippen molar-refractivity contribution < 1.29 is 14.3 Å². The van der Waals surface area contributed by atoms with E-state index in [2.05, 4.69) is 15.6 Å². The highest BCUT2D eigenvalue weighted by Gasteiger charge is 2.43. The van der Waals surface area contributed by atoms with Crippen molar-refractivity contribution in [2.45, 2.75) is 75.7 Å². The van der Waals surface area contributed by atoms with Gasteiger partial charge in [0.1, 0.15) is 12.6 Å². The molecule has 0 aromatic carbocycles. The molecule has 1 unspecified atom stereocenters. The standard InChI is InChI=1S/C19H34N4O3/c1-23(2)17(24)13-21-18(22-15-8-4-3-5-9-15)20-12-16-14-25-19(26-16)10-6-7-11-19/h15-16H,3-14H2,1-2H3,(H2,20,21,22). The Morgan fingerprint density at radius 1 is 1.15 bits per heavy atom. The van der Waals surface area contributed by atoms with Gasteiger partial charge in [0, 0.05) is 39.5 Å². The Kier molecular flexibility index (Phi) is 6.75. The summed E-state index contributed by atoms with van der Waals surface area (Å²) >= 11 is 0. The molecule has 148 valence electrons. The van der Waals surface area contributed by atoms with Crippen LogP contribution >= 0.6 is 0 Å². The average molecular weight is 367 g/mol. The molecule has 2 aliphatic carbocycles. The summed E-state index contributed by atoms with van der Waals surface area (Å²) in [6.07, 6.45) is 10.6. The summed E-state index contributed by atoms with van der Waals surface area (Å²) in [4.78, 5) is 18.0. The Bertz CT molecular complexity index is 497. The number of nitrogens with zero attached hydrogens (tertiary/aromatic N) is 2. The minimum atomic E-state index is -0.332. The Balaban J connectivity index is 1.52. The lowest BCUT2D eigenvalue weighted by atomic mass is 9.96. The van der Waals surface area contributed by atoms with Gasteiger partial charge in [0.25, 0.3) is 0 Å². The maximum Gasteiger partial charge on any atom is 0.243 e. The molecule has 1 aliphatic heterocycles. The Hall–Kier alpha value is -1.34. The first kappa shape index (κ1) is 19.4. The highest BCUT2D eigenvalue weighted by Crippen LogP contribution is 2.38. The molecule has 1 spiro atoms. The number of carbonyl (C=O) groups excluding carboxylic acids is 1. The van der Waals surface area contributed by atoms with Crippen LogP contribution in [0.3, 0.4) is 0 Å². The number of nitrogens with one attached hydrogen (secondary N) is 2. The second-order valence-electron chi connectivity index (χ2n) is 7.98. The van der Waals surface area contributed by atoms with Gasteiger partial charge in [-0.1, -0.05) is 19.3 Å². The van der Waals surface area contributed by atoms with Gasteiger partial charge in [0.05, 0.1) is 6.61 Å². The van der Waals surface area contributed by atoms with Crippen LogP contribution in [0.2, 0.25) is 0 Å². The fourth-order valence-corrected chi connectivity index (χ4v) is 3.98. The van der Waals surface area contributed by atoms with Gasteiger partial charge < -0.3 is 25.0 Å². The molecule has 0 aromatic heterocycles. The minimum Gasteiger partial charge on any atom is -0.354 e. The molecule has 1 atom stereocenters. The van der Waals surface area contributed by atoms with Crippen molar-refractivity contribution in [1.29, 1.82) is 0 Å². The number of rotatable bonds is 5. The van der Waals surface area contributed by atoms with E-state index in [9.17, 15) is 4.79 Å². The van der Waals surface area contributed by atoms with Gasteiger partial charge in [0.15, 0.2) is 11.7 Å². The van der Waals surface area contributed by atoms with E-state index in [1.165, 1.54) is 32.1 Å². The number of aliphatic imine (C=N–C) groups is 1. The molecule has 0 radical (unpaired) electrons. The second kappa shape index (κ2) is 9.04. The summed E-state index contributed by atoms with van der Waals surface area (Å²) in [6, 6.07) is 0.436. The summed E-state index contributed by atoms with van der Waals surface area (Å²) in [5.41, 5.74) is 0. The monoisotopic (exact) mass is 366 g/mol. The van der Waals surface area contributed by atoms with E-state index in [0.717, 1.165) is 25.7 Å². The predicted molar refractivity (Wildman–Crippen MR) is 101 cm³/mol. The first-order chi connectivity index (χ1) is 12.6. The smallest absolute Gasteiger partial charge is 0.243 e. The molecule has 7 heteroatoms. The van der Waals surface area contributed by atoms with Crippen LogP contribution in [0.1, 0.15) is 57.8 Å². The zero-order chi connectivity index (χ0) is 18.4. The van der Waals surface area contributed by atoms with Gasteiger partial charge in [0.2, 0.25) is 5.91 Å². The van der Waals surface area contributed by atoms with Crippen molar-refractivity contribution in [3.63, 3.8) is 0 Å². The van der Waals surface area contributed by atoms with Crippen molar-refractivity contribution in [3.05, 3.63) is 0 Å². The molecule has 0 aromatic rings. The molecular formula is C19H34N4O3. The van der Waals surface area contributed by atoms with Crippen molar-refractivity contribution in [1.82, 2.24) is 15.5 Å². The highest BCUT2D eigenvalue weighted by atomic mass is 16.7. The first-order valence-corrected chi connectivity index (χ1v) is 10.1. The molecule has 3 rings (SSSR count). The lowest BCUT2D eigenvalue weighted by molar-refractivity contribution is -0.160. The number of amides is 1. The fourth-order valence-electron chi connectivity index (χ4n) is 3.98. The zero-order valence-corrected chi connectivity index (χ0v) is 16.3. The lowest BCUT2D eigenvalue weighted by Gasteiger charge is -2.26. The van der Waals surface area contributed by atoms with E-state index in [4.69, 9.17) is 9.47 Å². The fraction of sp³-hybridized carbons (Fsp3) is 0.895. The van der Waals surface area contributed by atoms with Gasteiger partial charge in [-0.05, 0) is 25.7 Å². The van der Waals surface area contributed by atoms with Crippen LogP contribution in [0.15, 0.2) is 4.99 Å². The van der Waals surface area contributed by atoms with Gasteiger partial charge in [-0.15, -0.1) is 0 Å². The topological polar surface area (TPSA) is 75.2 Å². The van der Waals surface area contributed by atoms with Crippen LogP contribution in [-0.2, 0) is 14.3 Å². The summed E-state index contributed by atoms with van der Waals surface area (Å²) in [5, 5.41) is 6.88. The third-order valence-electron chi connectivity index (χ3n) is 5.59. The van der Waals surface area contributed by atoms with Crippen molar-refractivity contribution >= 4 is 11.9 Å². The number of hydrogen-bond donors (Lipinski definition) is 2. The van der Waals surface area contributed by atoms with E-state index in [0.29, 0.717) is 25.2 Å². The molecule has 2 saturated carbocycles. The summed E-state index contributed by atoms with van der Waals surface area (Å²) in [7, 11) is 3.51. The van der Waals surface area contributed by atoms with E-state index in [1.807, 2.05) is 0 Å². The number of guanidine groups is 1. The van der Waals surface area contributed by atoms with E-state index >= 15 is 0 Å².